The summed E-state index contributed by atoms with van der Waals surface area (Å²) < 4.78 is 0. The van der Waals surface area contributed by atoms with Gasteiger partial charge in [-0.1, -0.05) is 12.1 Å². The van der Waals surface area contributed by atoms with Gasteiger partial charge in [0.1, 0.15) is 0 Å². The Balaban J connectivity index is 2.00. The summed E-state index contributed by atoms with van der Waals surface area (Å²) in [4.78, 5) is 11.6. The molecule has 0 spiro atoms. The first kappa shape index (κ1) is 13.2. The maximum absolute atomic E-state index is 11.6. The molecule has 0 aliphatic carbocycles. The zero-order valence-electron chi connectivity index (χ0n) is 10.1. The summed E-state index contributed by atoms with van der Waals surface area (Å²) in [6, 6.07) is 11.4. The molecule has 0 saturated carbocycles. The molecular weight excluding hydrogens is 260 g/mol. The maximum Gasteiger partial charge on any atom is 0.234 e. The van der Waals surface area contributed by atoms with Crippen molar-refractivity contribution in [1.82, 2.24) is 10.2 Å². The van der Waals surface area contributed by atoms with Crippen molar-refractivity contribution in [1.29, 1.82) is 5.26 Å². The fraction of sp³-hybridized carbons (Fsp3) is 0.154. The van der Waals surface area contributed by atoms with Crippen LogP contribution in [0.25, 0.3) is 11.3 Å². The summed E-state index contributed by atoms with van der Waals surface area (Å²) in [5, 5.41) is 18.0. The molecule has 2 rings (SSSR count). The second-order valence-electron chi connectivity index (χ2n) is 3.75. The first-order chi connectivity index (χ1) is 9.29. The average Bonchev–Trinajstić information content (AvgIpc) is 2.93. The van der Waals surface area contributed by atoms with Crippen molar-refractivity contribution in [3.05, 3.63) is 36.5 Å². The molecule has 0 aliphatic rings. The summed E-state index contributed by atoms with van der Waals surface area (Å²) >= 11 is 1.29. The molecule has 0 unspecified atom stereocenters. The van der Waals surface area contributed by atoms with E-state index in [0.717, 1.165) is 16.9 Å². The van der Waals surface area contributed by atoms with Gasteiger partial charge in [0.15, 0.2) is 0 Å². The Kier molecular flexibility index (Phi) is 4.59. The van der Waals surface area contributed by atoms with Crippen LogP contribution in [0.5, 0.6) is 0 Å². The smallest absolute Gasteiger partial charge is 0.234 e. The second kappa shape index (κ2) is 6.61. The fourth-order valence-electron chi connectivity index (χ4n) is 1.57. The predicted molar refractivity (Wildman–Crippen MR) is 75.6 cm³/mol. The number of carbonyl (C=O) groups excluding carboxylic acids is 1. The van der Waals surface area contributed by atoms with Gasteiger partial charge in [-0.15, -0.1) is 11.8 Å². The molecule has 1 amide bonds. The second-order valence-corrected chi connectivity index (χ2v) is 4.74. The Hall–Kier alpha value is -2.26. The zero-order valence-corrected chi connectivity index (χ0v) is 10.9. The highest BCUT2D eigenvalue weighted by atomic mass is 32.2. The molecule has 2 aromatic rings. The molecule has 19 heavy (non-hydrogen) atoms. The van der Waals surface area contributed by atoms with Crippen LogP contribution >= 0.6 is 11.8 Å². The lowest BCUT2D eigenvalue weighted by Crippen LogP contribution is -2.14. The molecule has 1 aromatic heterocycles. The van der Waals surface area contributed by atoms with Gasteiger partial charge in [0.05, 0.1) is 23.3 Å². The third kappa shape index (κ3) is 3.86. The quantitative estimate of drug-likeness (QED) is 0.818. The Labute approximate surface area is 115 Å². The van der Waals surface area contributed by atoms with Crippen molar-refractivity contribution in [2.45, 2.75) is 0 Å². The average molecular weight is 272 g/mol. The Morgan fingerprint density at radius 3 is 3.11 bits per heavy atom. The Morgan fingerprint density at radius 2 is 2.37 bits per heavy atom. The van der Waals surface area contributed by atoms with Crippen molar-refractivity contribution in [3.63, 3.8) is 0 Å². The minimum absolute atomic E-state index is 0.109. The standard InChI is InChI=1S/C13H12N4OS/c14-5-7-19-9-13(18)16-11-3-1-2-10(8-11)12-4-6-15-17-12/h1-4,6,8H,7,9H2,(H,15,17)(H,16,18). The zero-order chi connectivity index (χ0) is 13.5. The van der Waals surface area contributed by atoms with E-state index < -0.39 is 0 Å². The molecule has 0 radical (unpaired) electrons. The van der Waals surface area contributed by atoms with E-state index in [1.165, 1.54) is 11.8 Å². The highest BCUT2D eigenvalue weighted by Gasteiger charge is 2.04. The third-order valence-electron chi connectivity index (χ3n) is 2.36. The summed E-state index contributed by atoms with van der Waals surface area (Å²) in [5.74, 6) is 0.491. The highest BCUT2D eigenvalue weighted by molar-refractivity contribution is 8.00. The first-order valence-corrected chi connectivity index (χ1v) is 6.79. The highest BCUT2D eigenvalue weighted by Crippen LogP contribution is 2.20. The topological polar surface area (TPSA) is 81.6 Å². The van der Waals surface area contributed by atoms with E-state index in [4.69, 9.17) is 5.26 Å². The van der Waals surface area contributed by atoms with Gasteiger partial charge >= 0.3 is 0 Å². The molecule has 96 valence electrons. The minimum Gasteiger partial charge on any atom is -0.325 e. The van der Waals surface area contributed by atoms with Crippen LogP contribution < -0.4 is 5.32 Å². The third-order valence-corrected chi connectivity index (χ3v) is 3.16. The van der Waals surface area contributed by atoms with Gasteiger partial charge in [-0.25, -0.2) is 0 Å². The van der Waals surface area contributed by atoms with E-state index in [9.17, 15) is 4.79 Å². The van der Waals surface area contributed by atoms with Crippen molar-refractivity contribution in [2.75, 3.05) is 16.8 Å². The van der Waals surface area contributed by atoms with Crippen molar-refractivity contribution in [2.24, 2.45) is 0 Å². The lowest BCUT2D eigenvalue weighted by Gasteiger charge is -2.06. The van der Waals surface area contributed by atoms with E-state index in [-0.39, 0.29) is 11.7 Å². The van der Waals surface area contributed by atoms with Gasteiger partial charge in [0, 0.05) is 17.4 Å². The largest absolute Gasteiger partial charge is 0.325 e. The number of amides is 1. The maximum atomic E-state index is 11.6. The molecule has 0 saturated heterocycles. The summed E-state index contributed by atoms with van der Waals surface area (Å²) in [6.45, 7) is 0. The number of benzene rings is 1. The SMILES string of the molecule is N#CCSCC(=O)Nc1cccc(-c2ccn[nH]2)c1. The van der Waals surface area contributed by atoms with E-state index in [1.807, 2.05) is 36.4 Å². The number of aromatic nitrogens is 2. The molecule has 0 fully saturated rings. The summed E-state index contributed by atoms with van der Waals surface area (Å²) in [5.41, 5.74) is 2.59. The van der Waals surface area contributed by atoms with Crippen molar-refractivity contribution >= 4 is 23.4 Å². The van der Waals surface area contributed by atoms with Gasteiger partial charge in [0.25, 0.3) is 0 Å². The van der Waals surface area contributed by atoms with E-state index in [1.54, 1.807) is 6.20 Å². The van der Waals surface area contributed by atoms with Crippen LogP contribution in [0, 0.1) is 11.3 Å². The number of hydrogen-bond donors (Lipinski definition) is 2. The number of aromatic amines is 1. The molecule has 1 aromatic carbocycles. The number of thioether (sulfide) groups is 1. The van der Waals surface area contributed by atoms with Gasteiger partial charge in [0.2, 0.25) is 5.91 Å². The lowest BCUT2D eigenvalue weighted by molar-refractivity contribution is -0.113. The molecular formula is C13H12N4OS. The van der Waals surface area contributed by atoms with Crippen LogP contribution in [0.4, 0.5) is 5.69 Å². The Bertz CT molecular complexity index is 589. The molecule has 1 heterocycles. The monoisotopic (exact) mass is 272 g/mol. The molecule has 2 N–H and O–H groups in total. The van der Waals surface area contributed by atoms with E-state index in [0.29, 0.717) is 5.75 Å². The van der Waals surface area contributed by atoms with Gasteiger partial charge in [-0.2, -0.15) is 10.4 Å². The van der Waals surface area contributed by atoms with Crippen LogP contribution in [-0.2, 0) is 4.79 Å². The predicted octanol–water partition coefficient (Wildman–Crippen LogP) is 2.27. The van der Waals surface area contributed by atoms with Gasteiger partial charge in [-0.3, -0.25) is 9.89 Å². The lowest BCUT2D eigenvalue weighted by atomic mass is 10.1. The molecule has 6 heteroatoms. The number of nitrogens with zero attached hydrogens (tertiary/aromatic N) is 2. The molecule has 0 bridgehead atoms. The van der Waals surface area contributed by atoms with E-state index in [2.05, 4.69) is 15.5 Å². The Morgan fingerprint density at radius 1 is 1.47 bits per heavy atom. The van der Waals surface area contributed by atoms with Gasteiger partial charge < -0.3 is 5.32 Å². The van der Waals surface area contributed by atoms with Crippen molar-refractivity contribution in [3.8, 4) is 17.3 Å². The van der Waals surface area contributed by atoms with E-state index >= 15 is 0 Å². The van der Waals surface area contributed by atoms with Crippen molar-refractivity contribution < 1.29 is 4.79 Å². The fourth-order valence-corrected chi connectivity index (χ4v) is 2.02. The van der Waals surface area contributed by atoms with Crippen LogP contribution in [0.15, 0.2) is 36.5 Å². The number of rotatable bonds is 5. The summed E-state index contributed by atoms with van der Waals surface area (Å²) in [6.07, 6.45) is 1.68. The van der Waals surface area contributed by atoms with Crippen LogP contribution in [0.1, 0.15) is 0 Å². The number of nitriles is 1. The normalized spacial score (nSPS) is 9.84. The molecule has 0 atom stereocenters. The van der Waals surface area contributed by atoms with Crippen LogP contribution in [0.3, 0.4) is 0 Å². The first-order valence-electron chi connectivity index (χ1n) is 5.64. The minimum atomic E-state index is -0.109. The van der Waals surface area contributed by atoms with Crippen LogP contribution in [-0.4, -0.2) is 27.6 Å². The molecule has 0 aliphatic heterocycles. The number of H-pyrrole nitrogens is 1. The number of anilines is 1. The van der Waals surface area contributed by atoms with Gasteiger partial charge in [-0.05, 0) is 18.2 Å². The summed E-state index contributed by atoms with van der Waals surface area (Å²) in [7, 11) is 0. The van der Waals surface area contributed by atoms with Crippen LogP contribution in [0.2, 0.25) is 0 Å². The number of nitrogens with one attached hydrogen (secondary N) is 2. The molecule has 5 nitrogen and oxygen atoms in total. The number of carbonyl (C=O) groups is 1. The number of hydrogen-bond acceptors (Lipinski definition) is 4.